The Hall–Kier alpha value is -2.51. The van der Waals surface area contributed by atoms with Crippen molar-refractivity contribution in [2.75, 3.05) is 0 Å². The summed E-state index contributed by atoms with van der Waals surface area (Å²) in [5.41, 5.74) is 0.802. The normalized spacial score (nSPS) is 10.9. The number of benzene rings is 1. The van der Waals surface area contributed by atoms with Gasteiger partial charge in [0, 0.05) is 25.8 Å². The van der Waals surface area contributed by atoms with Gasteiger partial charge in [0.1, 0.15) is 5.75 Å². The zero-order valence-electron chi connectivity index (χ0n) is 14.0. The molecule has 136 valence electrons. The number of hydrogen-bond acceptors (Lipinski definition) is 5. The number of halogens is 2. The number of alkyl halides is 2. The molecule has 0 bridgehead atoms. The topological polar surface area (TPSA) is 77.2 Å². The maximum atomic E-state index is 12.1. The number of ether oxygens (including phenoxy) is 1. The highest BCUT2D eigenvalue weighted by molar-refractivity contribution is 5.75. The number of nitrogens with one attached hydrogen (secondary N) is 1. The van der Waals surface area contributed by atoms with Crippen LogP contribution in [0.5, 0.6) is 5.75 Å². The van der Waals surface area contributed by atoms with Crippen LogP contribution in [0.4, 0.5) is 8.78 Å². The molecule has 0 aliphatic rings. The summed E-state index contributed by atoms with van der Waals surface area (Å²) in [6, 6.07) is 6.14. The Morgan fingerprint density at radius 2 is 2.04 bits per heavy atom. The van der Waals surface area contributed by atoms with E-state index in [1.807, 2.05) is 6.92 Å². The third-order valence-electron chi connectivity index (χ3n) is 3.42. The van der Waals surface area contributed by atoms with Gasteiger partial charge in [0.05, 0.1) is 0 Å². The van der Waals surface area contributed by atoms with Gasteiger partial charge in [-0.15, -0.1) is 0 Å². The van der Waals surface area contributed by atoms with Gasteiger partial charge >= 0.3 is 6.61 Å². The number of rotatable bonds is 10. The molecule has 1 heterocycles. The van der Waals surface area contributed by atoms with Crippen molar-refractivity contribution in [1.29, 1.82) is 0 Å². The molecule has 1 N–H and O–H groups in total. The lowest BCUT2D eigenvalue weighted by Gasteiger charge is -2.07. The largest absolute Gasteiger partial charge is 0.435 e. The van der Waals surface area contributed by atoms with Gasteiger partial charge in [-0.3, -0.25) is 4.79 Å². The van der Waals surface area contributed by atoms with Crippen LogP contribution in [-0.4, -0.2) is 22.7 Å². The molecule has 25 heavy (non-hydrogen) atoms. The van der Waals surface area contributed by atoms with E-state index in [1.165, 1.54) is 12.1 Å². The van der Waals surface area contributed by atoms with E-state index in [-0.39, 0.29) is 11.7 Å². The summed E-state index contributed by atoms with van der Waals surface area (Å²) in [6.45, 7) is -0.475. The molecule has 0 fully saturated rings. The average Bonchev–Trinajstić information content (AvgIpc) is 3.01. The van der Waals surface area contributed by atoms with Crippen molar-refractivity contribution in [3.8, 4) is 5.75 Å². The van der Waals surface area contributed by atoms with Crippen LogP contribution in [-0.2, 0) is 24.2 Å². The summed E-state index contributed by atoms with van der Waals surface area (Å²) in [7, 11) is 0. The van der Waals surface area contributed by atoms with Crippen molar-refractivity contribution >= 4 is 5.91 Å². The van der Waals surface area contributed by atoms with Crippen molar-refractivity contribution < 1.29 is 22.8 Å². The molecular formula is C17H21F2N3O3. The van der Waals surface area contributed by atoms with Gasteiger partial charge in [0.2, 0.25) is 11.8 Å². The quantitative estimate of drug-likeness (QED) is 0.709. The molecule has 0 saturated carbocycles. The molecule has 2 rings (SSSR count). The highest BCUT2D eigenvalue weighted by atomic mass is 19.3. The fourth-order valence-corrected chi connectivity index (χ4v) is 2.19. The van der Waals surface area contributed by atoms with Crippen molar-refractivity contribution in [3.63, 3.8) is 0 Å². The van der Waals surface area contributed by atoms with Crippen molar-refractivity contribution in [2.45, 2.75) is 52.2 Å². The standard InChI is InChI=1S/C17H21F2N3O3/c1-2-4-14-21-16(25-22-14)6-3-5-15(23)20-11-12-7-9-13(10-8-12)24-17(18)19/h7-10,17H,2-6,11H2,1H3,(H,20,23). The predicted molar refractivity (Wildman–Crippen MR) is 86.2 cm³/mol. The highest BCUT2D eigenvalue weighted by Gasteiger charge is 2.08. The second-order valence-electron chi connectivity index (χ2n) is 5.51. The first-order valence-electron chi connectivity index (χ1n) is 8.18. The summed E-state index contributed by atoms with van der Waals surface area (Å²) in [6.07, 6.45) is 3.25. The Morgan fingerprint density at radius 3 is 2.72 bits per heavy atom. The first-order valence-corrected chi connectivity index (χ1v) is 8.18. The predicted octanol–water partition coefficient (Wildman–Crippen LogP) is 3.26. The maximum absolute atomic E-state index is 12.1. The molecule has 0 aliphatic heterocycles. The van der Waals surface area contributed by atoms with Crippen LogP contribution in [0.1, 0.15) is 43.5 Å². The molecule has 1 aromatic carbocycles. The molecule has 0 radical (unpaired) electrons. The van der Waals surface area contributed by atoms with Gasteiger partial charge in [-0.2, -0.15) is 13.8 Å². The number of nitrogens with zero attached hydrogens (tertiary/aromatic N) is 2. The molecule has 1 aromatic heterocycles. The molecule has 0 aliphatic carbocycles. The first kappa shape index (κ1) is 18.8. The van der Waals surface area contributed by atoms with E-state index in [4.69, 9.17) is 4.52 Å². The van der Waals surface area contributed by atoms with Gasteiger partial charge < -0.3 is 14.6 Å². The second kappa shape index (κ2) is 9.71. The zero-order chi connectivity index (χ0) is 18.1. The second-order valence-corrected chi connectivity index (χ2v) is 5.51. The van der Waals surface area contributed by atoms with Crippen LogP contribution in [0.25, 0.3) is 0 Å². The number of hydrogen-bond donors (Lipinski definition) is 1. The van der Waals surface area contributed by atoms with Gasteiger partial charge in [-0.05, 0) is 30.5 Å². The van der Waals surface area contributed by atoms with Gasteiger partial charge in [0.15, 0.2) is 5.82 Å². The minimum absolute atomic E-state index is 0.0899. The van der Waals surface area contributed by atoms with Crippen molar-refractivity contribution in [3.05, 3.63) is 41.5 Å². The Kier molecular flexibility index (Phi) is 7.31. The molecule has 1 amide bonds. The fourth-order valence-electron chi connectivity index (χ4n) is 2.19. The third-order valence-corrected chi connectivity index (χ3v) is 3.42. The Morgan fingerprint density at radius 1 is 1.28 bits per heavy atom. The van der Waals surface area contributed by atoms with E-state index in [0.717, 1.165) is 18.4 Å². The summed E-state index contributed by atoms with van der Waals surface area (Å²) in [4.78, 5) is 16.1. The third kappa shape index (κ3) is 6.86. The molecular weight excluding hydrogens is 332 g/mol. The van der Waals surface area contributed by atoms with Crippen LogP contribution in [0, 0.1) is 0 Å². The summed E-state index contributed by atoms with van der Waals surface area (Å²) >= 11 is 0. The molecule has 0 atom stereocenters. The minimum atomic E-state index is -2.84. The Bertz CT molecular complexity index is 659. The molecule has 0 saturated heterocycles. The Balaban J connectivity index is 1.66. The maximum Gasteiger partial charge on any atom is 0.387 e. The number of carbonyl (C=O) groups excluding carboxylic acids is 1. The van der Waals surface area contributed by atoms with E-state index >= 15 is 0 Å². The molecule has 0 unspecified atom stereocenters. The van der Waals surface area contributed by atoms with E-state index in [9.17, 15) is 13.6 Å². The number of aryl methyl sites for hydroxylation is 2. The minimum Gasteiger partial charge on any atom is -0.435 e. The van der Waals surface area contributed by atoms with E-state index < -0.39 is 6.61 Å². The lowest BCUT2D eigenvalue weighted by Crippen LogP contribution is -2.22. The van der Waals surface area contributed by atoms with Crippen LogP contribution in [0.3, 0.4) is 0 Å². The molecule has 0 spiro atoms. The lowest BCUT2D eigenvalue weighted by atomic mass is 10.2. The number of carbonyl (C=O) groups is 1. The monoisotopic (exact) mass is 353 g/mol. The summed E-state index contributed by atoms with van der Waals surface area (Å²) in [5, 5.41) is 6.64. The SMILES string of the molecule is CCCc1noc(CCCC(=O)NCc2ccc(OC(F)F)cc2)n1. The van der Waals surface area contributed by atoms with Gasteiger partial charge in [-0.25, -0.2) is 0 Å². The summed E-state index contributed by atoms with van der Waals surface area (Å²) < 4.78 is 33.5. The van der Waals surface area contributed by atoms with Crippen LogP contribution < -0.4 is 10.1 Å². The summed E-state index contributed by atoms with van der Waals surface area (Å²) in [5.74, 6) is 1.24. The van der Waals surface area contributed by atoms with Crippen LogP contribution >= 0.6 is 0 Å². The zero-order valence-corrected chi connectivity index (χ0v) is 14.0. The van der Waals surface area contributed by atoms with Crippen LogP contribution in [0.2, 0.25) is 0 Å². The van der Waals surface area contributed by atoms with Gasteiger partial charge in [0.25, 0.3) is 0 Å². The van der Waals surface area contributed by atoms with E-state index in [1.54, 1.807) is 12.1 Å². The fraction of sp³-hybridized carbons (Fsp3) is 0.471. The van der Waals surface area contributed by atoms with E-state index in [0.29, 0.717) is 37.5 Å². The first-order chi connectivity index (χ1) is 12.1. The van der Waals surface area contributed by atoms with Crippen molar-refractivity contribution in [1.82, 2.24) is 15.5 Å². The lowest BCUT2D eigenvalue weighted by molar-refractivity contribution is -0.121. The Labute approximate surface area is 144 Å². The number of amides is 1. The highest BCUT2D eigenvalue weighted by Crippen LogP contribution is 2.14. The number of aromatic nitrogens is 2. The smallest absolute Gasteiger partial charge is 0.387 e. The average molecular weight is 353 g/mol. The molecule has 8 heteroatoms. The van der Waals surface area contributed by atoms with Gasteiger partial charge in [-0.1, -0.05) is 24.2 Å². The van der Waals surface area contributed by atoms with Crippen LogP contribution in [0.15, 0.2) is 28.8 Å². The van der Waals surface area contributed by atoms with Crippen molar-refractivity contribution in [2.24, 2.45) is 0 Å². The molecule has 2 aromatic rings. The van der Waals surface area contributed by atoms with E-state index in [2.05, 4.69) is 20.2 Å². The molecule has 6 nitrogen and oxygen atoms in total.